The Bertz CT molecular complexity index is 719. The molecule has 2 rings (SSSR count). The molecule has 0 aromatic heterocycles. The number of nitrogens with one attached hydrogen (secondary N) is 2. The number of urea groups is 1. The fourth-order valence-electron chi connectivity index (χ4n) is 1.84. The Morgan fingerprint density at radius 1 is 0.960 bits per heavy atom. The number of amides is 3. The number of carbonyl (C=O) groups is 3. The number of imide groups is 1. The summed E-state index contributed by atoms with van der Waals surface area (Å²) in [4.78, 5) is 35.3. The van der Waals surface area contributed by atoms with Gasteiger partial charge in [0, 0.05) is 5.69 Å². The van der Waals surface area contributed by atoms with Crippen molar-refractivity contribution in [1.29, 1.82) is 0 Å². The summed E-state index contributed by atoms with van der Waals surface area (Å²) in [7, 11) is 0. The van der Waals surface area contributed by atoms with Gasteiger partial charge in [0.15, 0.2) is 12.7 Å². The van der Waals surface area contributed by atoms with Crippen molar-refractivity contribution in [3.05, 3.63) is 60.7 Å². The van der Waals surface area contributed by atoms with E-state index in [-0.39, 0.29) is 6.61 Å². The van der Waals surface area contributed by atoms with Crippen molar-refractivity contribution in [2.24, 2.45) is 0 Å². The molecule has 3 amide bonds. The van der Waals surface area contributed by atoms with Gasteiger partial charge in [-0.2, -0.15) is 0 Å². The third-order valence-electron chi connectivity index (χ3n) is 3.05. The van der Waals surface area contributed by atoms with Crippen LogP contribution in [0.2, 0.25) is 0 Å². The smallest absolute Gasteiger partial charge is 0.344 e. The van der Waals surface area contributed by atoms with Gasteiger partial charge in [0.1, 0.15) is 5.75 Å². The van der Waals surface area contributed by atoms with Crippen LogP contribution in [-0.4, -0.2) is 30.6 Å². The van der Waals surface area contributed by atoms with E-state index < -0.39 is 24.0 Å². The lowest BCUT2D eigenvalue weighted by molar-refractivity contribution is -0.156. The zero-order valence-electron chi connectivity index (χ0n) is 13.6. The monoisotopic (exact) mass is 342 g/mol. The van der Waals surface area contributed by atoms with Gasteiger partial charge >= 0.3 is 12.0 Å². The van der Waals surface area contributed by atoms with Crippen molar-refractivity contribution < 1.29 is 23.9 Å². The van der Waals surface area contributed by atoms with Crippen LogP contribution in [-0.2, 0) is 14.3 Å². The Kier molecular flexibility index (Phi) is 6.53. The number of para-hydroxylation sites is 2. The first-order valence-corrected chi connectivity index (χ1v) is 7.59. The van der Waals surface area contributed by atoms with E-state index >= 15 is 0 Å². The van der Waals surface area contributed by atoms with Gasteiger partial charge in [-0.15, -0.1) is 0 Å². The average Bonchev–Trinajstić information content (AvgIpc) is 2.61. The topological polar surface area (TPSA) is 93.7 Å². The van der Waals surface area contributed by atoms with E-state index in [2.05, 4.69) is 10.6 Å². The highest BCUT2D eigenvalue weighted by molar-refractivity contribution is 6.02. The molecular weight excluding hydrogens is 324 g/mol. The van der Waals surface area contributed by atoms with Gasteiger partial charge in [-0.3, -0.25) is 10.1 Å². The summed E-state index contributed by atoms with van der Waals surface area (Å²) in [5.41, 5.74) is 0.536. The summed E-state index contributed by atoms with van der Waals surface area (Å²) in [6.07, 6.45) is -1.13. The first kappa shape index (κ1) is 18.0. The predicted octanol–water partition coefficient (Wildman–Crippen LogP) is 2.35. The fourth-order valence-corrected chi connectivity index (χ4v) is 1.84. The van der Waals surface area contributed by atoms with Crippen molar-refractivity contribution in [2.75, 3.05) is 11.9 Å². The largest absolute Gasteiger partial charge is 0.482 e. The van der Waals surface area contributed by atoms with Gasteiger partial charge in [0.25, 0.3) is 5.91 Å². The molecule has 0 aliphatic carbocycles. The van der Waals surface area contributed by atoms with Crippen LogP contribution < -0.4 is 15.4 Å². The molecule has 0 saturated carbocycles. The Balaban J connectivity index is 1.73. The Hall–Kier alpha value is -3.35. The number of anilines is 1. The second-order valence-electron chi connectivity index (χ2n) is 5.04. The lowest BCUT2D eigenvalue weighted by Gasteiger charge is -2.13. The molecule has 0 heterocycles. The van der Waals surface area contributed by atoms with Crippen LogP contribution in [0.4, 0.5) is 10.5 Å². The molecule has 0 radical (unpaired) electrons. The Labute approximate surface area is 144 Å². The van der Waals surface area contributed by atoms with E-state index in [0.29, 0.717) is 11.4 Å². The highest BCUT2D eigenvalue weighted by Gasteiger charge is 2.20. The molecule has 1 atom stereocenters. The molecule has 7 nitrogen and oxygen atoms in total. The standard InChI is InChI=1S/C18H18N2O5/c1-13(25-16(21)12-24-15-10-6-3-7-11-15)17(22)20-18(23)19-14-8-4-2-5-9-14/h2-11,13H,12H2,1H3,(H2,19,20,22,23). The quantitative estimate of drug-likeness (QED) is 0.786. The number of benzene rings is 2. The first-order valence-electron chi connectivity index (χ1n) is 7.59. The molecule has 0 fully saturated rings. The molecule has 0 aliphatic heterocycles. The van der Waals surface area contributed by atoms with Crippen molar-refractivity contribution in [2.45, 2.75) is 13.0 Å². The lowest BCUT2D eigenvalue weighted by Crippen LogP contribution is -2.42. The van der Waals surface area contributed by atoms with Crippen LogP contribution in [0.15, 0.2) is 60.7 Å². The molecule has 1 unspecified atom stereocenters. The highest BCUT2D eigenvalue weighted by Crippen LogP contribution is 2.08. The van der Waals surface area contributed by atoms with Crippen LogP contribution in [0, 0.1) is 0 Å². The predicted molar refractivity (Wildman–Crippen MR) is 91.1 cm³/mol. The van der Waals surface area contributed by atoms with E-state index in [1.54, 1.807) is 54.6 Å². The van der Waals surface area contributed by atoms with Crippen LogP contribution in [0.3, 0.4) is 0 Å². The summed E-state index contributed by atoms with van der Waals surface area (Å²) in [6.45, 7) is 1.03. The zero-order valence-corrected chi connectivity index (χ0v) is 13.6. The second-order valence-corrected chi connectivity index (χ2v) is 5.04. The summed E-state index contributed by atoms with van der Waals surface area (Å²) < 4.78 is 10.2. The van der Waals surface area contributed by atoms with E-state index in [9.17, 15) is 14.4 Å². The minimum Gasteiger partial charge on any atom is -0.482 e. The van der Waals surface area contributed by atoms with Gasteiger partial charge in [-0.05, 0) is 31.2 Å². The van der Waals surface area contributed by atoms with Gasteiger partial charge in [0.2, 0.25) is 0 Å². The number of rotatable bonds is 6. The van der Waals surface area contributed by atoms with Crippen LogP contribution in [0.1, 0.15) is 6.92 Å². The number of ether oxygens (including phenoxy) is 2. The SMILES string of the molecule is CC(OC(=O)COc1ccccc1)C(=O)NC(=O)Nc1ccccc1. The van der Waals surface area contributed by atoms with E-state index in [4.69, 9.17) is 9.47 Å². The number of esters is 1. The molecule has 0 aliphatic rings. The van der Waals surface area contributed by atoms with Crippen LogP contribution >= 0.6 is 0 Å². The molecular formula is C18H18N2O5. The van der Waals surface area contributed by atoms with E-state index in [0.717, 1.165) is 0 Å². The molecule has 25 heavy (non-hydrogen) atoms. The Morgan fingerprint density at radius 3 is 2.20 bits per heavy atom. The van der Waals surface area contributed by atoms with Gasteiger partial charge in [-0.1, -0.05) is 36.4 Å². The van der Waals surface area contributed by atoms with Crippen molar-refractivity contribution in [3.63, 3.8) is 0 Å². The summed E-state index contributed by atoms with van der Waals surface area (Å²) in [6, 6.07) is 16.7. The fraction of sp³-hybridized carbons (Fsp3) is 0.167. The van der Waals surface area contributed by atoms with Crippen LogP contribution in [0.25, 0.3) is 0 Å². The third-order valence-corrected chi connectivity index (χ3v) is 3.05. The number of carbonyl (C=O) groups excluding carboxylic acids is 3. The minimum absolute atomic E-state index is 0.335. The normalized spacial score (nSPS) is 11.1. The molecule has 2 aromatic rings. The molecule has 2 aromatic carbocycles. The van der Waals surface area contributed by atoms with Gasteiger partial charge in [-0.25, -0.2) is 9.59 Å². The maximum Gasteiger partial charge on any atom is 0.344 e. The van der Waals surface area contributed by atoms with Crippen molar-refractivity contribution >= 4 is 23.6 Å². The molecule has 0 bridgehead atoms. The van der Waals surface area contributed by atoms with Crippen LogP contribution in [0.5, 0.6) is 5.75 Å². The van der Waals surface area contributed by atoms with E-state index in [1.807, 2.05) is 6.07 Å². The van der Waals surface area contributed by atoms with E-state index in [1.165, 1.54) is 6.92 Å². The molecule has 130 valence electrons. The average molecular weight is 342 g/mol. The molecule has 0 spiro atoms. The minimum atomic E-state index is -1.13. The molecule has 0 saturated heterocycles. The maximum atomic E-state index is 11.9. The van der Waals surface area contributed by atoms with Crippen molar-refractivity contribution in [3.8, 4) is 5.75 Å². The molecule has 7 heteroatoms. The lowest BCUT2D eigenvalue weighted by atomic mass is 10.3. The maximum absolute atomic E-state index is 11.9. The second kappa shape index (κ2) is 9.07. The summed E-state index contributed by atoms with van der Waals surface area (Å²) in [5, 5.41) is 4.59. The van der Waals surface area contributed by atoms with Gasteiger partial charge in [0.05, 0.1) is 0 Å². The molecule has 2 N–H and O–H groups in total. The first-order chi connectivity index (χ1) is 12.0. The van der Waals surface area contributed by atoms with Gasteiger partial charge < -0.3 is 14.8 Å². The third kappa shape index (κ3) is 6.34. The highest BCUT2D eigenvalue weighted by atomic mass is 16.6. The number of hydrogen-bond donors (Lipinski definition) is 2. The van der Waals surface area contributed by atoms with Crippen molar-refractivity contribution in [1.82, 2.24) is 5.32 Å². The number of hydrogen-bond acceptors (Lipinski definition) is 5. The summed E-state index contributed by atoms with van der Waals surface area (Å²) >= 11 is 0. The Morgan fingerprint density at radius 2 is 1.56 bits per heavy atom. The zero-order chi connectivity index (χ0) is 18.1. The summed E-state index contributed by atoms with van der Waals surface area (Å²) in [5.74, 6) is -0.935.